The third-order valence-corrected chi connectivity index (χ3v) is 11.1. The molecule has 5 aliphatic rings. The molecule has 6 rings (SSSR count). The second-order valence-electron chi connectivity index (χ2n) is 13.8. The molecule has 2 bridgehead atoms. The standard InChI is InChI=1S/C34H42O11/c1-8-24-42-22-14-23-33(16-40-23,45-19(4)36)27-29(44-30(38)20-12-10-9-11-13-20)34(39)15-21(37)17(2)25(31(34,5)6)26(41-18(3)35)28(43-24)32(22,27)7/h8-13,21-24,26-29,37,39H,1,14-16H2,2-7H3/t21-,22-,23?,24-,26-,27-,28-,29-,32+,33-,34+/m0/s1. The Morgan fingerprint density at radius 2 is 1.71 bits per heavy atom. The Bertz CT molecular complexity index is 1440. The van der Waals surface area contributed by atoms with Gasteiger partial charge in [-0.25, -0.2) is 4.79 Å². The van der Waals surface area contributed by atoms with Crippen molar-refractivity contribution < 1.29 is 53.0 Å². The topological polar surface area (TPSA) is 147 Å². The van der Waals surface area contributed by atoms with Crippen LogP contribution in [-0.2, 0) is 38.0 Å². The van der Waals surface area contributed by atoms with Crippen molar-refractivity contribution in [1.82, 2.24) is 0 Å². The van der Waals surface area contributed by atoms with Gasteiger partial charge in [0.15, 0.2) is 18.0 Å². The van der Waals surface area contributed by atoms with Crippen LogP contribution in [0.3, 0.4) is 0 Å². The Hall–Kier alpha value is -3.09. The lowest BCUT2D eigenvalue weighted by atomic mass is 9.44. The molecule has 244 valence electrons. The van der Waals surface area contributed by atoms with Crippen molar-refractivity contribution in [3.05, 3.63) is 59.7 Å². The number of esters is 3. The fraction of sp³-hybridized carbons (Fsp3) is 0.618. The summed E-state index contributed by atoms with van der Waals surface area (Å²) >= 11 is 0. The van der Waals surface area contributed by atoms with Gasteiger partial charge in [-0.2, -0.15) is 0 Å². The van der Waals surface area contributed by atoms with Crippen LogP contribution >= 0.6 is 0 Å². The van der Waals surface area contributed by atoms with Crippen LogP contribution in [0.4, 0.5) is 0 Å². The van der Waals surface area contributed by atoms with E-state index in [1.54, 1.807) is 51.1 Å². The van der Waals surface area contributed by atoms with Crippen molar-refractivity contribution in [2.75, 3.05) is 6.61 Å². The molecular formula is C34H42O11. The zero-order valence-corrected chi connectivity index (χ0v) is 26.5. The number of aliphatic hydroxyl groups excluding tert-OH is 1. The van der Waals surface area contributed by atoms with Crippen LogP contribution in [0.5, 0.6) is 0 Å². The van der Waals surface area contributed by atoms with Crippen LogP contribution in [0.15, 0.2) is 54.1 Å². The second-order valence-corrected chi connectivity index (χ2v) is 13.8. The van der Waals surface area contributed by atoms with Gasteiger partial charge in [0.1, 0.15) is 23.9 Å². The van der Waals surface area contributed by atoms with Gasteiger partial charge in [-0.1, -0.05) is 45.5 Å². The summed E-state index contributed by atoms with van der Waals surface area (Å²) < 4.78 is 37.8. The molecule has 2 aliphatic heterocycles. The molecule has 1 aromatic rings. The van der Waals surface area contributed by atoms with Gasteiger partial charge in [-0.15, -0.1) is 0 Å². The van der Waals surface area contributed by atoms with E-state index in [-0.39, 0.29) is 25.0 Å². The minimum Gasteiger partial charge on any atom is -0.455 e. The highest BCUT2D eigenvalue weighted by molar-refractivity contribution is 5.89. The molecule has 3 aliphatic carbocycles. The molecule has 0 spiro atoms. The first-order valence-electron chi connectivity index (χ1n) is 15.4. The predicted octanol–water partition coefficient (Wildman–Crippen LogP) is 3.02. The molecule has 0 radical (unpaired) electrons. The summed E-state index contributed by atoms with van der Waals surface area (Å²) in [7, 11) is 0. The Morgan fingerprint density at radius 3 is 2.29 bits per heavy atom. The van der Waals surface area contributed by atoms with E-state index < -0.39 is 88.8 Å². The van der Waals surface area contributed by atoms with Gasteiger partial charge >= 0.3 is 17.9 Å². The fourth-order valence-electron chi connectivity index (χ4n) is 8.97. The quantitative estimate of drug-likeness (QED) is 0.282. The predicted molar refractivity (Wildman–Crippen MR) is 157 cm³/mol. The minimum absolute atomic E-state index is 0.0414. The van der Waals surface area contributed by atoms with Crippen molar-refractivity contribution in [1.29, 1.82) is 0 Å². The molecular weight excluding hydrogens is 584 g/mol. The van der Waals surface area contributed by atoms with E-state index >= 15 is 0 Å². The summed E-state index contributed by atoms with van der Waals surface area (Å²) in [5, 5.41) is 24.7. The lowest BCUT2D eigenvalue weighted by molar-refractivity contribution is -0.405. The van der Waals surface area contributed by atoms with E-state index in [0.717, 1.165) is 0 Å². The number of fused-ring (bicyclic) bond motifs is 4. The van der Waals surface area contributed by atoms with Crippen molar-refractivity contribution in [2.45, 2.75) is 108 Å². The molecule has 11 nitrogen and oxygen atoms in total. The van der Waals surface area contributed by atoms with Gasteiger partial charge in [-0.05, 0) is 36.3 Å². The highest BCUT2D eigenvalue weighted by atomic mass is 16.7. The van der Waals surface area contributed by atoms with Gasteiger partial charge in [0.2, 0.25) is 0 Å². The smallest absolute Gasteiger partial charge is 0.338 e. The molecule has 11 atom stereocenters. The third-order valence-electron chi connectivity index (χ3n) is 11.1. The van der Waals surface area contributed by atoms with Crippen molar-refractivity contribution in [3.8, 4) is 0 Å². The second kappa shape index (κ2) is 10.7. The molecule has 0 amide bonds. The van der Waals surface area contributed by atoms with Crippen LogP contribution in [0.1, 0.15) is 64.7 Å². The first-order valence-corrected chi connectivity index (χ1v) is 15.4. The van der Waals surface area contributed by atoms with E-state index in [1.807, 2.05) is 6.92 Å². The number of carbonyl (C=O) groups is 3. The largest absolute Gasteiger partial charge is 0.455 e. The fourth-order valence-corrected chi connectivity index (χ4v) is 8.97. The molecule has 0 aromatic heterocycles. The summed E-state index contributed by atoms with van der Waals surface area (Å²) in [4.78, 5) is 39.6. The number of aliphatic hydroxyl groups is 2. The summed E-state index contributed by atoms with van der Waals surface area (Å²) in [6.07, 6.45) is -5.32. The lowest BCUT2D eigenvalue weighted by Crippen LogP contribution is -2.83. The van der Waals surface area contributed by atoms with E-state index in [1.165, 1.54) is 19.9 Å². The highest BCUT2D eigenvalue weighted by Gasteiger charge is 2.79. The first kappa shape index (κ1) is 31.9. The number of hydrogen-bond acceptors (Lipinski definition) is 11. The summed E-state index contributed by atoms with van der Waals surface area (Å²) in [6, 6.07) is 8.39. The van der Waals surface area contributed by atoms with Crippen LogP contribution < -0.4 is 0 Å². The van der Waals surface area contributed by atoms with Crippen LogP contribution in [0.2, 0.25) is 0 Å². The molecule has 11 heteroatoms. The molecule has 2 saturated heterocycles. The van der Waals surface area contributed by atoms with Gasteiger partial charge in [0.25, 0.3) is 0 Å². The van der Waals surface area contributed by atoms with Crippen LogP contribution in [0, 0.1) is 16.7 Å². The molecule has 2 N–H and O–H groups in total. The van der Waals surface area contributed by atoms with Gasteiger partial charge in [0, 0.05) is 37.5 Å². The number of rotatable bonds is 5. The summed E-state index contributed by atoms with van der Waals surface area (Å²) in [6.45, 7) is 13.6. The Balaban J connectivity index is 1.68. The Labute approximate surface area is 262 Å². The number of carbonyl (C=O) groups excluding carboxylic acids is 3. The first-order chi connectivity index (χ1) is 21.1. The molecule has 1 unspecified atom stereocenters. The van der Waals surface area contributed by atoms with Gasteiger partial charge in [0.05, 0.1) is 30.3 Å². The zero-order chi connectivity index (χ0) is 32.7. The number of ether oxygens (including phenoxy) is 6. The minimum atomic E-state index is -1.97. The maximum Gasteiger partial charge on any atom is 0.338 e. The summed E-state index contributed by atoms with van der Waals surface area (Å²) in [5.74, 6) is -2.89. The highest BCUT2D eigenvalue weighted by Crippen LogP contribution is 2.67. The maximum atomic E-state index is 13.9. The number of benzene rings is 1. The van der Waals surface area contributed by atoms with Crippen LogP contribution in [-0.4, -0.2) is 88.8 Å². The van der Waals surface area contributed by atoms with E-state index in [2.05, 4.69) is 6.58 Å². The molecule has 2 heterocycles. The van der Waals surface area contributed by atoms with E-state index in [9.17, 15) is 24.6 Å². The SMILES string of the molecule is C=C[C@H]1O[C@H]2CC3OC[C@@]3(OC(C)=O)[C@H]3[C@H](OC(=O)c4ccccc4)[C@]4(O)C[C@H](O)C(C)=C([C@H](OC(C)=O)[C@H](O1)[C@]23C)C4(C)C. The van der Waals surface area contributed by atoms with Gasteiger partial charge < -0.3 is 38.6 Å². The molecule has 2 saturated carbocycles. The Kier molecular flexibility index (Phi) is 7.60. The molecule has 4 fully saturated rings. The normalized spacial score (nSPS) is 42.8. The summed E-state index contributed by atoms with van der Waals surface area (Å²) in [5.41, 5.74) is -4.60. The van der Waals surface area contributed by atoms with E-state index in [4.69, 9.17) is 28.4 Å². The molecule has 45 heavy (non-hydrogen) atoms. The van der Waals surface area contributed by atoms with E-state index in [0.29, 0.717) is 11.1 Å². The zero-order valence-electron chi connectivity index (χ0n) is 26.5. The van der Waals surface area contributed by atoms with Crippen molar-refractivity contribution >= 4 is 17.9 Å². The van der Waals surface area contributed by atoms with Crippen molar-refractivity contribution in [2.24, 2.45) is 16.7 Å². The average Bonchev–Trinajstić information content (AvgIpc) is 2.96. The monoisotopic (exact) mass is 626 g/mol. The molecule has 1 aromatic carbocycles. The average molecular weight is 627 g/mol. The van der Waals surface area contributed by atoms with Gasteiger partial charge in [-0.3, -0.25) is 9.59 Å². The van der Waals surface area contributed by atoms with Crippen molar-refractivity contribution in [3.63, 3.8) is 0 Å². The lowest BCUT2D eigenvalue weighted by Gasteiger charge is -2.71. The van der Waals surface area contributed by atoms with Crippen LogP contribution in [0.25, 0.3) is 0 Å². The number of hydrogen-bond donors (Lipinski definition) is 2. The third kappa shape index (κ3) is 4.46. The Morgan fingerprint density at radius 1 is 1.02 bits per heavy atom. The maximum absolute atomic E-state index is 13.9.